The molecule has 0 amide bonds. The van der Waals surface area contributed by atoms with Gasteiger partial charge < -0.3 is 64.7 Å². The summed E-state index contributed by atoms with van der Waals surface area (Å²) in [5.74, 6) is 10.3. The van der Waals surface area contributed by atoms with Gasteiger partial charge in [-0.05, 0) is 162 Å². The van der Waals surface area contributed by atoms with Gasteiger partial charge in [-0.1, -0.05) is 24.1 Å². The van der Waals surface area contributed by atoms with Crippen molar-refractivity contribution in [1.29, 1.82) is 5.26 Å². The molecule has 45 heteroatoms. The van der Waals surface area contributed by atoms with Crippen molar-refractivity contribution in [2.45, 2.75) is 139 Å². The summed E-state index contributed by atoms with van der Waals surface area (Å²) >= 11 is 19.2. The Morgan fingerprint density at radius 3 is 1.66 bits per heavy atom. The number of hydrogen-bond donors (Lipinski definition) is 7. The molecule has 0 spiro atoms. The molecule has 2 aromatic carbocycles. The first kappa shape index (κ1) is 113. The maximum atomic E-state index is 13.7. The quantitative estimate of drug-likeness (QED) is 0.0108. The second-order valence-corrected chi connectivity index (χ2v) is 31.3. The van der Waals surface area contributed by atoms with Gasteiger partial charge in [-0.2, -0.15) is 14.9 Å². The second-order valence-electron chi connectivity index (χ2n) is 23.1. The van der Waals surface area contributed by atoms with Gasteiger partial charge in [0.15, 0.2) is 18.7 Å². The summed E-state index contributed by atoms with van der Waals surface area (Å²) in [7, 11) is 10.4. The fourth-order valence-corrected chi connectivity index (χ4v) is 10.7. The summed E-state index contributed by atoms with van der Waals surface area (Å²) in [6, 6.07) is 9.47. The van der Waals surface area contributed by atoms with E-state index in [2.05, 4.69) is 185 Å². The molecule has 1 atom stereocenters. The molecule has 7 aromatic heterocycles. The minimum atomic E-state index is -1.70. The van der Waals surface area contributed by atoms with Gasteiger partial charge in [-0.15, -0.1) is 53.2 Å². The van der Waals surface area contributed by atoms with E-state index in [1.807, 2.05) is 57.8 Å². The SMILES string of the molecule is BrB(Br)Br.CC#CC(O)c1cn(C)c(C)n1.COC(=O)CCCc1[nH]c(C)nc1Br.COC(=O)CCCc1cnc(C)[nH]1.Cc1nc(Br)c2n1C(=O)CCC2.Cc1nc(C=O)cn1C.Cc1ncc(C=O)[nH]1.N#Cc1ccc(B(O)O)cc1F.O=C=O.[B]=NS.[C-]#CC(=O)OC.[C-]#[N+]c1ccc(-c2nc(C)n3c2CCCC3=O)cc1F.[HH].[Li+].[Pd]. The molecule has 0 fully saturated rings. The molecule has 0 bridgehead atoms. The predicted octanol–water partition coefficient (Wildman–Crippen LogP) is 8.63. The topological polar surface area (TPSA) is 440 Å². The van der Waals surface area contributed by atoms with Crippen molar-refractivity contribution in [3.05, 3.63) is 186 Å². The van der Waals surface area contributed by atoms with Gasteiger partial charge in [0.05, 0.1) is 68.1 Å². The number of halogens is 7. The Labute approximate surface area is 757 Å². The Kier molecular flexibility index (Phi) is 60.8. The number of hydrogen-bond acceptors (Lipinski definition) is 25. The standard InChI is InChI=1S/C15H12FN3O.C9H13BrN2O2.C9H14N2O2.C9H12N2O.C8H9BrN2O.C7H5BFNO2.C6H8N2O.C5H6N2O.C4H3O2.CO2.BBr3.BHNS.Li.Pd.H2/c1-9-18-15(13-4-3-5-14(20)19(9)13)10-6-7-12(17-2)11(16)8-10;1-6-11-7(9(10)12-6)4-3-5-8(13)14-2;1-7-10-6-8(11-7)4-3-5-9(12)13-2;1-4-5-9(12)8-6-11(3)7(2)10-8;1-5-10-8(9)6-3-2-4-7(12)11(5)6;9-7-3-6(8(11)12)2-1-5(7)4-10;1-5-7-6(4-9)3-8(5)2;1-4-6-2-5(3-8)7-4;1-3-4(5)6-2;2-1-3;2-1(3)4;1-2-3;;;/h6-8H,3-5H2,1H3;3-5H2,1-2H3,(H,11,12);6H,3-5H2,1-2H3,(H,10,11);6,9,12H,1-3H3;2-4H2,1H3;1-3,11-12H;3-4H,1-2H3;2-3H,1H3,(H,6,7);2H3;;;3H;;;1H/q;;;;;;;;-1;;;;+1;;. The van der Waals surface area contributed by atoms with Crippen LogP contribution in [0.2, 0.25) is 0 Å². The number of nitrogens with one attached hydrogen (secondary N) is 3. The van der Waals surface area contributed by atoms with Gasteiger partial charge in [-0.3, -0.25) is 37.9 Å². The number of carbonyl (C=O) groups is 7. The molecular formula is C73H85B3Br5F2LiN17O15PdS. The number of aliphatic hydroxyl groups is 1. The molecular weight excluding hydrogens is 1970 g/mol. The molecule has 1 unspecified atom stereocenters. The number of aromatic nitrogens is 14. The van der Waals surface area contributed by atoms with Crippen LogP contribution in [-0.2, 0) is 98.4 Å². The first-order valence-corrected chi connectivity index (χ1v) is 38.6. The van der Waals surface area contributed by atoms with E-state index in [4.69, 9.17) is 37.9 Å². The molecule has 1 radical (unpaired) electrons. The average Bonchev–Trinajstić information content (AvgIpc) is 1.63. The molecule has 627 valence electrons. The third kappa shape index (κ3) is 43.8. The van der Waals surface area contributed by atoms with Crippen LogP contribution in [-0.4, -0.2) is 171 Å². The number of aldehydes is 2. The van der Waals surface area contributed by atoms with Gasteiger partial charge in [0.25, 0.3) is 0 Å². The van der Waals surface area contributed by atoms with Gasteiger partial charge in [0, 0.05) is 97.2 Å². The third-order valence-corrected chi connectivity index (χ3v) is 16.1. The fourth-order valence-electron chi connectivity index (χ4n) is 9.46. The fraction of sp³-hybridized carbons (Fsp3) is 0.356. The van der Waals surface area contributed by atoms with Crippen molar-refractivity contribution in [2.75, 3.05) is 21.3 Å². The van der Waals surface area contributed by atoms with Crippen LogP contribution >= 0.6 is 91.9 Å². The molecule has 0 aliphatic carbocycles. The van der Waals surface area contributed by atoms with Gasteiger partial charge >= 0.3 is 72.0 Å². The number of esters is 3. The number of fused-ring (bicyclic) bond motifs is 2. The maximum Gasteiger partial charge on any atom is 1.00 e. The van der Waals surface area contributed by atoms with E-state index in [0.717, 1.165) is 137 Å². The van der Waals surface area contributed by atoms with Crippen LogP contribution in [0.3, 0.4) is 0 Å². The van der Waals surface area contributed by atoms with Crippen LogP contribution < -0.4 is 24.3 Å². The van der Waals surface area contributed by atoms with E-state index < -0.39 is 30.8 Å². The monoisotopic (exact) mass is 2050 g/mol. The van der Waals surface area contributed by atoms with E-state index in [0.29, 0.717) is 59.8 Å². The molecule has 118 heavy (non-hydrogen) atoms. The summed E-state index contributed by atoms with van der Waals surface area (Å²) in [6.45, 7) is 21.5. The number of ether oxygens (including phenoxy) is 3. The normalized spacial score (nSPS) is 10.5. The van der Waals surface area contributed by atoms with E-state index in [1.165, 1.54) is 57.7 Å². The van der Waals surface area contributed by atoms with Crippen molar-refractivity contribution in [3.63, 3.8) is 0 Å². The number of methoxy groups -OCH3 is 3. The van der Waals surface area contributed by atoms with Gasteiger partial charge in [0.1, 0.15) is 73.4 Å². The number of rotatable bonds is 13. The summed E-state index contributed by atoms with van der Waals surface area (Å²) in [4.78, 5) is 132. The molecule has 9 heterocycles. The first-order valence-electron chi connectivity index (χ1n) is 33.9. The minimum Gasteiger partial charge on any atom is -0.544 e. The Morgan fingerprint density at radius 2 is 1.28 bits per heavy atom. The summed E-state index contributed by atoms with van der Waals surface area (Å²) in [5, 5.41) is 35.0. The van der Waals surface area contributed by atoms with Crippen LogP contribution in [0.5, 0.6) is 0 Å². The maximum absolute atomic E-state index is 13.7. The van der Waals surface area contributed by atoms with Gasteiger partial charge in [-0.25, -0.2) is 54.4 Å². The van der Waals surface area contributed by atoms with Gasteiger partial charge in [0.2, 0.25) is 23.5 Å². The average molecular weight is 2060 g/mol. The van der Waals surface area contributed by atoms with Crippen LogP contribution in [0, 0.1) is 102 Å². The number of H-pyrrole nitrogens is 3. The molecule has 11 rings (SSSR count). The number of aromatic amines is 3. The summed E-state index contributed by atoms with van der Waals surface area (Å²) in [5.41, 5.74) is 6.79. The zero-order chi connectivity index (χ0) is 88.3. The van der Waals surface area contributed by atoms with Crippen LogP contribution in [0.15, 0.2) is 74.7 Å². The molecule has 2 aliphatic heterocycles. The molecule has 6 N–H and O–H groups in total. The molecule has 0 saturated heterocycles. The third-order valence-electron chi connectivity index (χ3n) is 14.9. The smallest absolute Gasteiger partial charge is 0.544 e. The number of thiol groups is 1. The molecule has 9 aromatic rings. The van der Waals surface area contributed by atoms with Crippen molar-refractivity contribution in [1.82, 2.24) is 68.1 Å². The minimum absolute atomic E-state index is 0. The number of nitriles is 1. The number of benzene rings is 2. The largest absolute Gasteiger partial charge is 1.00 e. The Bertz CT molecular complexity index is 4900. The van der Waals surface area contributed by atoms with E-state index in [9.17, 15) is 47.4 Å². The van der Waals surface area contributed by atoms with Crippen molar-refractivity contribution >= 4 is 169 Å². The Hall–Kier alpha value is -8.78. The van der Waals surface area contributed by atoms with E-state index in [1.54, 1.807) is 60.6 Å². The number of imidazole rings is 7. The summed E-state index contributed by atoms with van der Waals surface area (Å²) in [6.07, 6.45) is 22.6. The number of nitrogens with zero attached hydrogens (tertiary/aromatic N) is 14. The zero-order valence-corrected chi connectivity index (χ0v) is 77.0. The number of carbonyl (C=O) groups excluding carboxylic acids is 9. The Balaban J connectivity index is -0.000000623. The van der Waals surface area contributed by atoms with Crippen molar-refractivity contribution < 1.29 is 122 Å². The predicted molar refractivity (Wildman–Crippen MR) is 450 cm³/mol. The molecule has 0 saturated carbocycles. The first-order chi connectivity index (χ1) is 54.9. The molecule has 2 aliphatic rings. The van der Waals surface area contributed by atoms with E-state index >= 15 is 0 Å². The number of aryl methyl sites for hydroxylation is 11. The Morgan fingerprint density at radius 1 is 0.754 bits per heavy atom. The molecule has 32 nitrogen and oxygen atoms in total. The van der Waals surface area contributed by atoms with Crippen LogP contribution in [0.4, 0.5) is 14.5 Å². The number of aliphatic hydroxyl groups excluding tert-OH is 1. The van der Waals surface area contributed by atoms with Crippen molar-refractivity contribution in [3.8, 4) is 35.1 Å². The van der Waals surface area contributed by atoms with E-state index in [-0.39, 0.29) is 90.5 Å². The van der Waals surface area contributed by atoms with Crippen LogP contribution in [0.25, 0.3) is 16.1 Å². The van der Waals surface area contributed by atoms with Crippen LogP contribution in [0.1, 0.15) is 171 Å². The van der Waals surface area contributed by atoms with Crippen molar-refractivity contribution in [2.24, 2.45) is 18.4 Å². The summed E-state index contributed by atoms with van der Waals surface area (Å²) < 4.78 is 51.2. The second kappa shape index (κ2) is 63.3. The zero-order valence-electron chi connectivity index (χ0n) is 66.6.